The first kappa shape index (κ1) is 16.5. The van der Waals surface area contributed by atoms with Gasteiger partial charge in [-0.1, -0.05) is 30.1 Å². The van der Waals surface area contributed by atoms with Crippen LogP contribution >= 0.6 is 23.2 Å². The van der Waals surface area contributed by atoms with Crippen LogP contribution in [0, 0.1) is 5.92 Å². The summed E-state index contributed by atoms with van der Waals surface area (Å²) in [7, 11) is -4.04. The lowest BCUT2D eigenvalue weighted by molar-refractivity contribution is 0.0683. The molecule has 21 heavy (non-hydrogen) atoms. The van der Waals surface area contributed by atoms with Gasteiger partial charge in [0.05, 0.1) is 10.6 Å². The van der Waals surface area contributed by atoms with Crippen molar-refractivity contribution in [2.24, 2.45) is 11.1 Å². The van der Waals surface area contributed by atoms with Gasteiger partial charge in [-0.15, -0.1) is 0 Å². The second-order valence-electron chi connectivity index (χ2n) is 5.31. The average Bonchev–Trinajstić information content (AvgIpc) is 2.39. The Bertz CT molecular complexity index is 676. The van der Waals surface area contributed by atoms with Crippen molar-refractivity contribution in [3.8, 4) is 0 Å². The van der Waals surface area contributed by atoms with Crippen LogP contribution in [-0.4, -0.2) is 32.3 Å². The summed E-state index contributed by atoms with van der Waals surface area (Å²) in [6, 6.07) is 2.52. The molecule has 1 atom stereocenters. The van der Waals surface area contributed by atoms with E-state index in [-0.39, 0.29) is 26.4 Å². The molecule has 1 aliphatic rings. The van der Waals surface area contributed by atoms with Gasteiger partial charge in [0.25, 0.3) is 5.91 Å². The highest BCUT2D eigenvalue weighted by Crippen LogP contribution is 2.30. The number of carbonyl (C=O) groups excluding carboxylic acids is 1. The summed E-state index contributed by atoms with van der Waals surface area (Å²) in [4.78, 5) is 13.9. The van der Waals surface area contributed by atoms with E-state index in [4.69, 9.17) is 28.3 Å². The number of piperidine rings is 1. The molecule has 5 nitrogen and oxygen atoms in total. The summed E-state index contributed by atoms with van der Waals surface area (Å²) in [5.41, 5.74) is 0.0716. The largest absolute Gasteiger partial charge is 0.338 e. The lowest BCUT2D eigenvalue weighted by Crippen LogP contribution is -2.39. The third-order valence-electron chi connectivity index (χ3n) is 3.49. The lowest BCUT2D eigenvalue weighted by atomic mass is 9.99. The number of halogens is 2. The van der Waals surface area contributed by atoms with Crippen LogP contribution in [0.25, 0.3) is 0 Å². The van der Waals surface area contributed by atoms with E-state index < -0.39 is 10.0 Å². The molecular formula is C13H16Cl2N2O3S. The van der Waals surface area contributed by atoms with E-state index in [0.29, 0.717) is 19.0 Å². The smallest absolute Gasteiger partial charge is 0.255 e. The van der Waals surface area contributed by atoms with Gasteiger partial charge in [0.1, 0.15) is 4.90 Å². The number of hydrogen-bond donors (Lipinski definition) is 1. The van der Waals surface area contributed by atoms with Crippen LogP contribution in [0.15, 0.2) is 17.0 Å². The summed E-state index contributed by atoms with van der Waals surface area (Å²) < 4.78 is 23.0. The van der Waals surface area contributed by atoms with E-state index in [2.05, 4.69) is 6.92 Å². The molecule has 116 valence electrons. The minimum Gasteiger partial charge on any atom is -0.338 e. The highest BCUT2D eigenvalue weighted by Gasteiger charge is 2.27. The molecule has 1 aliphatic heterocycles. The van der Waals surface area contributed by atoms with Crippen LogP contribution in [0.4, 0.5) is 0 Å². The van der Waals surface area contributed by atoms with Gasteiger partial charge in [-0.05, 0) is 30.9 Å². The SMILES string of the molecule is CC1CCCN(C(=O)c2cc(Cl)cc(S(N)(=O)=O)c2Cl)C1. The number of carbonyl (C=O) groups is 1. The summed E-state index contributed by atoms with van der Waals surface area (Å²) in [5, 5.41) is 5.03. The molecule has 1 amide bonds. The highest BCUT2D eigenvalue weighted by atomic mass is 35.5. The van der Waals surface area contributed by atoms with Crippen molar-refractivity contribution in [3.05, 3.63) is 27.7 Å². The average molecular weight is 351 g/mol. The molecule has 2 rings (SSSR count). The zero-order chi connectivity index (χ0) is 15.8. The summed E-state index contributed by atoms with van der Waals surface area (Å²) in [6.07, 6.45) is 1.97. The number of nitrogens with zero attached hydrogens (tertiary/aromatic N) is 1. The number of amides is 1. The van der Waals surface area contributed by atoms with Crippen LogP contribution in [0.5, 0.6) is 0 Å². The summed E-state index contributed by atoms with van der Waals surface area (Å²) in [5.74, 6) is 0.0809. The third-order valence-corrected chi connectivity index (χ3v) is 5.16. The molecule has 1 aromatic rings. The number of likely N-dealkylation sites (tertiary alicyclic amines) is 1. The Morgan fingerprint density at radius 3 is 2.62 bits per heavy atom. The standard InChI is InChI=1S/C13H16Cl2N2O3S/c1-8-3-2-4-17(7-8)13(18)10-5-9(14)6-11(12(10)15)21(16,19)20/h5-6,8H,2-4,7H2,1H3,(H2,16,19,20). The Morgan fingerprint density at radius 2 is 2.05 bits per heavy atom. The van der Waals surface area contributed by atoms with E-state index in [1.807, 2.05) is 0 Å². The van der Waals surface area contributed by atoms with E-state index >= 15 is 0 Å². The van der Waals surface area contributed by atoms with Gasteiger partial charge in [0.2, 0.25) is 10.0 Å². The molecule has 0 spiro atoms. The summed E-state index contributed by atoms with van der Waals surface area (Å²) >= 11 is 11.9. The molecule has 0 aromatic heterocycles. The second-order valence-corrected chi connectivity index (χ2v) is 7.65. The molecule has 8 heteroatoms. The normalized spacial score (nSPS) is 19.6. The molecule has 1 unspecified atom stereocenters. The fourth-order valence-corrected chi connectivity index (χ4v) is 3.92. The van der Waals surface area contributed by atoms with E-state index in [1.54, 1.807) is 4.90 Å². The lowest BCUT2D eigenvalue weighted by Gasteiger charge is -2.31. The van der Waals surface area contributed by atoms with Crippen molar-refractivity contribution in [2.45, 2.75) is 24.7 Å². The monoisotopic (exact) mass is 350 g/mol. The Balaban J connectivity index is 2.44. The van der Waals surface area contributed by atoms with Crippen LogP contribution in [0.1, 0.15) is 30.1 Å². The molecule has 0 aliphatic carbocycles. The minimum atomic E-state index is -4.04. The van der Waals surface area contributed by atoms with E-state index in [1.165, 1.54) is 6.07 Å². The summed E-state index contributed by atoms with van der Waals surface area (Å²) in [6.45, 7) is 3.30. The van der Waals surface area contributed by atoms with Crippen molar-refractivity contribution >= 4 is 39.1 Å². The maximum absolute atomic E-state index is 12.5. The number of nitrogens with two attached hydrogens (primary N) is 1. The Labute approximate surface area is 134 Å². The van der Waals surface area contributed by atoms with Crippen molar-refractivity contribution < 1.29 is 13.2 Å². The predicted octanol–water partition coefficient (Wildman–Crippen LogP) is 2.51. The fourth-order valence-electron chi connectivity index (χ4n) is 2.47. The van der Waals surface area contributed by atoms with Crippen molar-refractivity contribution in [2.75, 3.05) is 13.1 Å². The highest BCUT2D eigenvalue weighted by molar-refractivity contribution is 7.89. The molecule has 1 aromatic carbocycles. The first-order chi connectivity index (χ1) is 9.70. The number of primary sulfonamides is 1. The van der Waals surface area contributed by atoms with Crippen LogP contribution in [-0.2, 0) is 10.0 Å². The van der Waals surface area contributed by atoms with Crippen molar-refractivity contribution in [1.82, 2.24) is 4.90 Å². The molecule has 1 heterocycles. The van der Waals surface area contributed by atoms with Gasteiger partial charge >= 0.3 is 0 Å². The number of benzene rings is 1. The molecule has 1 saturated heterocycles. The van der Waals surface area contributed by atoms with Gasteiger partial charge in [-0.3, -0.25) is 4.79 Å². The second kappa shape index (κ2) is 6.12. The first-order valence-corrected chi connectivity index (χ1v) is 8.81. The zero-order valence-electron chi connectivity index (χ0n) is 11.5. The van der Waals surface area contributed by atoms with Crippen LogP contribution < -0.4 is 5.14 Å². The maximum atomic E-state index is 12.5. The van der Waals surface area contributed by atoms with Gasteiger partial charge in [-0.2, -0.15) is 0 Å². The van der Waals surface area contributed by atoms with Gasteiger partial charge < -0.3 is 4.90 Å². The van der Waals surface area contributed by atoms with E-state index in [9.17, 15) is 13.2 Å². The number of sulfonamides is 1. The minimum absolute atomic E-state index is 0.0716. The quantitative estimate of drug-likeness (QED) is 0.889. The van der Waals surface area contributed by atoms with Crippen molar-refractivity contribution in [1.29, 1.82) is 0 Å². The van der Waals surface area contributed by atoms with Crippen molar-refractivity contribution in [3.63, 3.8) is 0 Å². The molecule has 0 bridgehead atoms. The van der Waals surface area contributed by atoms with Gasteiger partial charge in [0, 0.05) is 18.1 Å². The van der Waals surface area contributed by atoms with Gasteiger partial charge in [0.15, 0.2) is 0 Å². The Morgan fingerprint density at radius 1 is 1.38 bits per heavy atom. The predicted molar refractivity (Wildman–Crippen MR) is 82.1 cm³/mol. The fraction of sp³-hybridized carbons (Fsp3) is 0.462. The maximum Gasteiger partial charge on any atom is 0.255 e. The zero-order valence-corrected chi connectivity index (χ0v) is 13.8. The number of rotatable bonds is 2. The topological polar surface area (TPSA) is 80.5 Å². The van der Waals surface area contributed by atoms with Crippen LogP contribution in [0.3, 0.4) is 0 Å². The molecular weight excluding hydrogens is 335 g/mol. The molecule has 0 saturated carbocycles. The van der Waals surface area contributed by atoms with E-state index in [0.717, 1.165) is 18.9 Å². The molecule has 0 radical (unpaired) electrons. The van der Waals surface area contributed by atoms with Crippen LogP contribution in [0.2, 0.25) is 10.0 Å². The van der Waals surface area contributed by atoms with Gasteiger partial charge in [-0.25, -0.2) is 13.6 Å². The Hall–Kier alpha value is -0.820. The first-order valence-electron chi connectivity index (χ1n) is 6.51. The third kappa shape index (κ3) is 3.69. The molecule has 1 fully saturated rings. The Kier molecular flexibility index (Phi) is 4.82. The number of hydrogen-bond acceptors (Lipinski definition) is 3. The molecule has 2 N–H and O–H groups in total.